The number of nitrogens with zero attached hydrogens (tertiary/aromatic N) is 3. The van der Waals surface area contributed by atoms with E-state index in [2.05, 4.69) is 40.5 Å². The Hall–Kier alpha value is -3.43. The summed E-state index contributed by atoms with van der Waals surface area (Å²) in [6.07, 6.45) is 1.05. The Kier molecular flexibility index (Phi) is 9.33. The molecule has 0 aliphatic carbocycles. The van der Waals surface area contributed by atoms with Crippen LogP contribution in [0.2, 0.25) is 0 Å². The summed E-state index contributed by atoms with van der Waals surface area (Å²) < 4.78 is 5.55. The minimum absolute atomic E-state index is 0.0438. The van der Waals surface area contributed by atoms with Gasteiger partial charge >= 0.3 is 18.1 Å². The molecule has 3 amide bonds. The van der Waals surface area contributed by atoms with Gasteiger partial charge in [0.25, 0.3) is 0 Å². The van der Waals surface area contributed by atoms with Crippen LogP contribution in [-0.2, 0) is 16.1 Å². The predicted molar refractivity (Wildman–Crippen MR) is 165 cm³/mol. The lowest BCUT2D eigenvalue weighted by molar-refractivity contribution is -0.129. The first-order valence-corrected chi connectivity index (χ1v) is 15.1. The molecule has 0 bridgehead atoms. The maximum absolute atomic E-state index is 12.9. The number of hydrogen-bond acceptors (Lipinski definition) is 5. The van der Waals surface area contributed by atoms with E-state index in [0.29, 0.717) is 13.0 Å². The molecule has 1 saturated heterocycles. The minimum Gasteiger partial charge on any atom is -0.465 e. The maximum Gasteiger partial charge on any atom is 0.407 e. The van der Waals surface area contributed by atoms with Gasteiger partial charge in [-0.1, -0.05) is 24.3 Å². The molecule has 2 aromatic rings. The van der Waals surface area contributed by atoms with Gasteiger partial charge in [0.05, 0.1) is 26.1 Å². The Labute approximate surface area is 250 Å². The Morgan fingerprint density at radius 2 is 1.69 bits per heavy atom. The molecule has 3 atom stereocenters. The van der Waals surface area contributed by atoms with Gasteiger partial charge in [-0.25, -0.2) is 18.9 Å². The van der Waals surface area contributed by atoms with Crippen molar-refractivity contribution in [3.05, 3.63) is 53.6 Å². The summed E-state index contributed by atoms with van der Waals surface area (Å²) in [5.41, 5.74) is 4.54. The van der Waals surface area contributed by atoms with Crippen molar-refractivity contribution in [3.63, 3.8) is 0 Å². The molecular formula is C33H47N4O5+. The van der Waals surface area contributed by atoms with Gasteiger partial charge in [0, 0.05) is 50.3 Å². The van der Waals surface area contributed by atoms with Crippen molar-refractivity contribution in [2.45, 2.75) is 91.1 Å². The lowest BCUT2D eigenvalue weighted by Crippen LogP contribution is -2.60. The highest BCUT2D eigenvalue weighted by atomic mass is 16.6. The quantitative estimate of drug-likeness (QED) is 0.398. The SMILES string of the molecule is CCN(C(=O)O)C1C[C@H](C)[N@+](C)(C(C)=O)c2ccc(-c3ccc(CN4CCC(NC(=O)OC(C)(C)C)CC4)cc3)cc21. The van der Waals surface area contributed by atoms with Gasteiger partial charge in [0.1, 0.15) is 11.3 Å². The van der Waals surface area contributed by atoms with Crippen LogP contribution in [0.4, 0.5) is 15.3 Å². The Balaban J connectivity index is 1.47. The van der Waals surface area contributed by atoms with Gasteiger partial charge in [-0.15, -0.1) is 0 Å². The Bertz CT molecular complexity index is 1300. The fourth-order valence-electron chi connectivity index (χ4n) is 6.36. The molecule has 2 aliphatic heterocycles. The van der Waals surface area contributed by atoms with E-state index in [0.717, 1.165) is 54.9 Å². The van der Waals surface area contributed by atoms with E-state index >= 15 is 0 Å². The van der Waals surface area contributed by atoms with Crippen molar-refractivity contribution < 1.29 is 24.2 Å². The van der Waals surface area contributed by atoms with E-state index in [1.54, 1.807) is 6.92 Å². The van der Waals surface area contributed by atoms with Gasteiger partial charge in [0.15, 0.2) is 0 Å². The van der Waals surface area contributed by atoms with E-state index in [9.17, 15) is 19.5 Å². The van der Waals surface area contributed by atoms with Crippen LogP contribution >= 0.6 is 0 Å². The lowest BCUT2D eigenvalue weighted by atomic mass is 9.86. The van der Waals surface area contributed by atoms with Crippen molar-refractivity contribution >= 4 is 23.8 Å². The minimum atomic E-state index is -0.945. The van der Waals surface area contributed by atoms with Crippen molar-refractivity contribution in [1.82, 2.24) is 19.6 Å². The highest BCUT2D eigenvalue weighted by molar-refractivity contribution is 5.89. The number of ether oxygens (including phenoxy) is 1. The largest absolute Gasteiger partial charge is 0.465 e. The number of piperidine rings is 1. The second-order valence-electron chi connectivity index (χ2n) is 12.9. The second kappa shape index (κ2) is 12.4. The van der Waals surface area contributed by atoms with E-state index in [4.69, 9.17) is 4.74 Å². The van der Waals surface area contributed by atoms with Gasteiger partial charge < -0.3 is 20.1 Å². The monoisotopic (exact) mass is 579 g/mol. The van der Waals surface area contributed by atoms with Crippen molar-refractivity contribution in [2.24, 2.45) is 0 Å². The zero-order chi connectivity index (χ0) is 30.8. The van der Waals surface area contributed by atoms with Gasteiger partial charge in [-0.3, -0.25) is 4.90 Å². The highest BCUT2D eigenvalue weighted by Crippen LogP contribution is 2.45. The molecule has 2 aliphatic rings. The molecule has 2 N–H and O–H groups in total. The standard InChI is InChI=1S/C33H46N4O5/c1-8-36(32(40)41)29-19-22(2)37(7,23(3)38)30-14-13-26(20-28(29)30)25-11-9-24(10-12-25)21-35-17-15-27(16-18-35)34-31(39)42-33(4,5)6/h9-14,20,22,27,29H,8,15-19,21H2,1-7H3,(H-,34,39,40,41)/p+1/t22-,29?,37+/m0/s1. The molecule has 2 aromatic carbocycles. The number of likely N-dealkylation sites (tertiary alicyclic amines) is 1. The summed E-state index contributed by atoms with van der Waals surface area (Å²) in [6.45, 7) is 14.1. The van der Waals surface area contributed by atoms with Crippen LogP contribution in [0.15, 0.2) is 42.5 Å². The first-order valence-electron chi connectivity index (χ1n) is 15.1. The summed E-state index contributed by atoms with van der Waals surface area (Å²) in [5, 5.41) is 12.9. The molecule has 0 spiro atoms. The van der Waals surface area contributed by atoms with Crippen LogP contribution in [0.3, 0.4) is 0 Å². The van der Waals surface area contributed by atoms with Crippen LogP contribution < -0.4 is 9.80 Å². The van der Waals surface area contributed by atoms with E-state index in [1.165, 1.54) is 10.5 Å². The number of quaternary nitrogens is 1. The molecule has 9 nitrogen and oxygen atoms in total. The van der Waals surface area contributed by atoms with Crippen molar-refractivity contribution in [2.75, 3.05) is 26.7 Å². The fourth-order valence-corrected chi connectivity index (χ4v) is 6.36. The lowest BCUT2D eigenvalue weighted by Gasteiger charge is -2.45. The fraction of sp³-hybridized carbons (Fsp3) is 0.545. The van der Waals surface area contributed by atoms with Crippen LogP contribution in [0, 0.1) is 0 Å². The molecule has 42 heavy (non-hydrogen) atoms. The van der Waals surface area contributed by atoms with Crippen LogP contribution in [0.5, 0.6) is 0 Å². The van der Waals surface area contributed by atoms with Crippen molar-refractivity contribution in [3.8, 4) is 11.1 Å². The van der Waals surface area contributed by atoms with Gasteiger partial charge in [-0.05, 0) is 76.3 Å². The first kappa shape index (κ1) is 31.5. The van der Waals surface area contributed by atoms with Crippen LogP contribution in [0.25, 0.3) is 11.1 Å². The van der Waals surface area contributed by atoms with Gasteiger partial charge in [0.2, 0.25) is 0 Å². The smallest absolute Gasteiger partial charge is 0.407 e. The number of carbonyl (C=O) groups is 3. The number of fused-ring (bicyclic) bond motifs is 1. The third-order valence-corrected chi connectivity index (χ3v) is 8.95. The van der Waals surface area contributed by atoms with E-state index in [1.807, 2.05) is 53.8 Å². The number of rotatable bonds is 6. The molecule has 4 rings (SSSR count). The molecule has 9 heteroatoms. The second-order valence-corrected chi connectivity index (χ2v) is 12.9. The summed E-state index contributed by atoms with van der Waals surface area (Å²) in [4.78, 5) is 41.0. The average molecular weight is 580 g/mol. The predicted octanol–water partition coefficient (Wildman–Crippen LogP) is 6.16. The molecule has 228 valence electrons. The van der Waals surface area contributed by atoms with Crippen LogP contribution in [-0.4, -0.2) is 77.4 Å². The molecule has 1 unspecified atom stereocenters. The van der Waals surface area contributed by atoms with Gasteiger partial charge in [-0.2, -0.15) is 0 Å². The number of carboxylic acid groups (broad SMARTS) is 1. The zero-order valence-electron chi connectivity index (χ0n) is 26.1. The number of carbonyl (C=O) groups excluding carboxylic acids is 2. The summed E-state index contributed by atoms with van der Waals surface area (Å²) in [7, 11) is 1.93. The van der Waals surface area contributed by atoms with E-state index < -0.39 is 11.7 Å². The summed E-state index contributed by atoms with van der Waals surface area (Å²) in [5.74, 6) is 0.0438. The van der Waals surface area contributed by atoms with E-state index in [-0.39, 0.29) is 34.6 Å². The average Bonchev–Trinajstić information content (AvgIpc) is 2.91. The summed E-state index contributed by atoms with van der Waals surface area (Å²) >= 11 is 0. The number of benzene rings is 2. The molecule has 0 saturated carbocycles. The third kappa shape index (κ3) is 6.79. The third-order valence-electron chi connectivity index (χ3n) is 8.95. The van der Waals surface area contributed by atoms with Crippen molar-refractivity contribution in [1.29, 1.82) is 0 Å². The zero-order valence-corrected chi connectivity index (χ0v) is 26.1. The first-order chi connectivity index (χ1) is 19.7. The number of hydrogen-bond donors (Lipinski definition) is 2. The number of nitrogens with one attached hydrogen (secondary N) is 1. The normalized spacial score (nSPS) is 23.1. The van der Waals surface area contributed by atoms with Crippen LogP contribution in [0.1, 0.15) is 78.0 Å². The molecular weight excluding hydrogens is 532 g/mol. The molecule has 0 radical (unpaired) electrons. The molecule has 1 fully saturated rings. The maximum atomic E-state index is 12.9. The Morgan fingerprint density at radius 1 is 1.07 bits per heavy atom. The number of amides is 3. The summed E-state index contributed by atoms with van der Waals surface area (Å²) in [6, 6.07) is 14.4. The molecule has 2 heterocycles. The number of alkyl carbamates (subject to hydrolysis) is 1. The highest BCUT2D eigenvalue weighted by Gasteiger charge is 2.47. The molecule has 0 aromatic heterocycles. The Morgan fingerprint density at radius 3 is 2.24 bits per heavy atom. The topological polar surface area (TPSA) is 99.2 Å².